The van der Waals surface area contributed by atoms with Crippen LogP contribution in [0, 0.1) is 0 Å². The molecule has 3 rings (SSSR count). The Hall–Kier alpha value is -1.89. The molecule has 1 aromatic heterocycles. The fourth-order valence-corrected chi connectivity index (χ4v) is 3.43. The van der Waals surface area contributed by atoms with Crippen molar-refractivity contribution in [3.05, 3.63) is 34.5 Å². The lowest BCUT2D eigenvalue weighted by Crippen LogP contribution is -2.28. The maximum absolute atomic E-state index is 11.0. The van der Waals surface area contributed by atoms with Gasteiger partial charge < -0.3 is 10.6 Å². The van der Waals surface area contributed by atoms with E-state index < -0.39 is 0 Å². The third kappa shape index (κ3) is 4.39. The molecule has 1 aliphatic rings. The zero-order valence-corrected chi connectivity index (χ0v) is 14.8. The quantitative estimate of drug-likeness (QED) is 0.345. The van der Waals surface area contributed by atoms with Gasteiger partial charge in [-0.15, -0.1) is 0 Å². The number of hydrogen-bond acceptors (Lipinski definition) is 5. The number of fused-ring (bicyclic) bond motifs is 2. The van der Waals surface area contributed by atoms with Gasteiger partial charge in [0.1, 0.15) is 0 Å². The highest BCUT2D eigenvalue weighted by Crippen LogP contribution is 2.34. The summed E-state index contributed by atoms with van der Waals surface area (Å²) in [5, 5.41) is 17.0. The standard InChI is InChI=1S/C18H23ClN4O2/c19-12-5-6-14-16(11-12)22-15-4-2-1-3-13(15)18(14)21-10-9-20-8-7-17(24)23-25/h5-6,11,20,25H,1-4,7-10H2,(H,21,22)(H,23,24). The van der Waals surface area contributed by atoms with Gasteiger partial charge in [0.15, 0.2) is 0 Å². The van der Waals surface area contributed by atoms with Crippen molar-refractivity contribution in [1.82, 2.24) is 15.8 Å². The minimum Gasteiger partial charge on any atom is -0.383 e. The Labute approximate surface area is 151 Å². The summed E-state index contributed by atoms with van der Waals surface area (Å²) in [6.45, 7) is 2.00. The molecule has 0 atom stereocenters. The highest BCUT2D eigenvalue weighted by Gasteiger charge is 2.18. The van der Waals surface area contributed by atoms with Crippen LogP contribution in [-0.2, 0) is 17.6 Å². The lowest BCUT2D eigenvalue weighted by Gasteiger charge is -2.22. The molecule has 0 unspecified atom stereocenters. The number of halogens is 1. The first-order valence-corrected chi connectivity index (χ1v) is 9.05. The van der Waals surface area contributed by atoms with Crippen LogP contribution < -0.4 is 16.1 Å². The van der Waals surface area contributed by atoms with E-state index in [1.54, 1.807) is 5.48 Å². The Bertz CT molecular complexity index is 766. The molecule has 6 nitrogen and oxygen atoms in total. The minimum atomic E-state index is -0.383. The Balaban J connectivity index is 1.70. The first kappa shape index (κ1) is 17.9. The van der Waals surface area contributed by atoms with Crippen molar-refractivity contribution in [2.75, 3.05) is 25.0 Å². The highest BCUT2D eigenvalue weighted by molar-refractivity contribution is 6.31. The number of pyridine rings is 1. The van der Waals surface area contributed by atoms with Crippen LogP contribution >= 0.6 is 11.6 Å². The summed E-state index contributed by atoms with van der Waals surface area (Å²) in [5.74, 6) is -0.383. The van der Waals surface area contributed by atoms with E-state index in [-0.39, 0.29) is 12.3 Å². The van der Waals surface area contributed by atoms with Crippen LogP contribution in [0.15, 0.2) is 18.2 Å². The Morgan fingerprint density at radius 2 is 2.04 bits per heavy atom. The maximum atomic E-state index is 11.0. The summed E-state index contributed by atoms with van der Waals surface area (Å²) in [7, 11) is 0. The van der Waals surface area contributed by atoms with Crippen LogP contribution in [0.4, 0.5) is 5.69 Å². The topological polar surface area (TPSA) is 86.3 Å². The van der Waals surface area contributed by atoms with Gasteiger partial charge in [0.2, 0.25) is 5.91 Å². The first-order valence-electron chi connectivity index (χ1n) is 8.67. The average Bonchev–Trinajstić information content (AvgIpc) is 2.63. The molecule has 0 saturated heterocycles. The SMILES string of the molecule is O=C(CCNCCNc1c2c(nc3cc(Cl)ccc13)CCCC2)NO. The van der Waals surface area contributed by atoms with Gasteiger partial charge in [-0.2, -0.15) is 0 Å². The zero-order valence-electron chi connectivity index (χ0n) is 14.1. The number of carbonyl (C=O) groups excluding carboxylic acids is 1. The molecule has 0 spiro atoms. The number of benzene rings is 1. The molecule has 0 fully saturated rings. The minimum absolute atomic E-state index is 0.253. The number of nitrogens with one attached hydrogen (secondary N) is 3. The molecule has 1 amide bonds. The summed E-state index contributed by atoms with van der Waals surface area (Å²) < 4.78 is 0. The van der Waals surface area contributed by atoms with E-state index in [9.17, 15) is 4.79 Å². The molecule has 0 saturated carbocycles. The predicted molar refractivity (Wildman–Crippen MR) is 99.3 cm³/mol. The van der Waals surface area contributed by atoms with Crippen LogP contribution in [-0.4, -0.2) is 35.7 Å². The molecule has 1 heterocycles. The van der Waals surface area contributed by atoms with Gasteiger partial charge in [0, 0.05) is 47.8 Å². The molecule has 1 aromatic carbocycles. The predicted octanol–water partition coefficient (Wildman–Crippen LogP) is 2.66. The molecule has 0 aliphatic heterocycles. The van der Waals surface area contributed by atoms with E-state index in [0.717, 1.165) is 42.5 Å². The van der Waals surface area contributed by atoms with E-state index in [4.69, 9.17) is 21.8 Å². The van der Waals surface area contributed by atoms with E-state index in [1.807, 2.05) is 18.2 Å². The molecule has 0 bridgehead atoms. The number of nitrogens with zero attached hydrogens (tertiary/aromatic N) is 1. The number of hydroxylamine groups is 1. The molecule has 25 heavy (non-hydrogen) atoms. The smallest absolute Gasteiger partial charge is 0.244 e. The lowest BCUT2D eigenvalue weighted by atomic mass is 9.92. The van der Waals surface area contributed by atoms with Crippen molar-refractivity contribution in [1.29, 1.82) is 0 Å². The number of carbonyl (C=O) groups is 1. The van der Waals surface area contributed by atoms with Gasteiger partial charge in [0.05, 0.1) is 5.52 Å². The van der Waals surface area contributed by atoms with Crippen molar-refractivity contribution >= 4 is 34.1 Å². The van der Waals surface area contributed by atoms with Gasteiger partial charge in [-0.3, -0.25) is 15.0 Å². The third-order valence-electron chi connectivity index (χ3n) is 4.48. The normalized spacial score (nSPS) is 13.5. The molecule has 134 valence electrons. The van der Waals surface area contributed by atoms with Gasteiger partial charge >= 0.3 is 0 Å². The Morgan fingerprint density at radius 1 is 1.20 bits per heavy atom. The molecule has 0 radical (unpaired) electrons. The molecular weight excluding hydrogens is 340 g/mol. The number of hydrogen-bond donors (Lipinski definition) is 4. The number of aryl methyl sites for hydroxylation is 1. The van der Waals surface area contributed by atoms with Crippen molar-refractivity contribution < 1.29 is 10.0 Å². The summed E-state index contributed by atoms with van der Waals surface area (Å²) in [6.07, 6.45) is 4.69. The Morgan fingerprint density at radius 3 is 2.88 bits per heavy atom. The van der Waals surface area contributed by atoms with E-state index in [0.29, 0.717) is 11.6 Å². The zero-order chi connectivity index (χ0) is 17.6. The summed E-state index contributed by atoms with van der Waals surface area (Å²) >= 11 is 6.13. The second-order valence-corrected chi connectivity index (χ2v) is 6.68. The van der Waals surface area contributed by atoms with Crippen LogP contribution in [0.5, 0.6) is 0 Å². The van der Waals surface area contributed by atoms with E-state index >= 15 is 0 Å². The van der Waals surface area contributed by atoms with E-state index in [1.165, 1.54) is 24.1 Å². The molecule has 4 N–H and O–H groups in total. The molecular formula is C18H23ClN4O2. The number of anilines is 1. The first-order chi connectivity index (χ1) is 12.2. The van der Waals surface area contributed by atoms with Crippen LogP contribution in [0.25, 0.3) is 10.9 Å². The van der Waals surface area contributed by atoms with Crippen LogP contribution in [0.2, 0.25) is 5.02 Å². The monoisotopic (exact) mass is 362 g/mol. The summed E-state index contributed by atoms with van der Waals surface area (Å²) in [6, 6.07) is 5.85. The fourth-order valence-electron chi connectivity index (χ4n) is 3.26. The van der Waals surface area contributed by atoms with Crippen molar-refractivity contribution in [3.8, 4) is 0 Å². The largest absolute Gasteiger partial charge is 0.383 e. The fraction of sp³-hybridized carbons (Fsp3) is 0.444. The lowest BCUT2D eigenvalue weighted by molar-refractivity contribution is -0.129. The number of rotatable bonds is 7. The molecule has 7 heteroatoms. The van der Waals surface area contributed by atoms with Crippen LogP contribution in [0.1, 0.15) is 30.5 Å². The second-order valence-electron chi connectivity index (χ2n) is 6.24. The van der Waals surface area contributed by atoms with Crippen LogP contribution in [0.3, 0.4) is 0 Å². The van der Waals surface area contributed by atoms with Gasteiger partial charge in [-0.25, -0.2) is 5.48 Å². The number of amides is 1. The van der Waals surface area contributed by atoms with Gasteiger partial charge in [0.25, 0.3) is 0 Å². The highest BCUT2D eigenvalue weighted by atomic mass is 35.5. The average molecular weight is 363 g/mol. The Kier molecular flexibility index (Phi) is 6.07. The second kappa shape index (κ2) is 8.47. The van der Waals surface area contributed by atoms with Gasteiger partial charge in [-0.05, 0) is 49.4 Å². The summed E-state index contributed by atoms with van der Waals surface area (Å²) in [5.41, 5.74) is 6.22. The molecule has 1 aliphatic carbocycles. The third-order valence-corrected chi connectivity index (χ3v) is 4.72. The maximum Gasteiger partial charge on any atom is 0.244 e. The summed E-state index contributed by atoms with van der Waals surface area (Å²) in [4.78, 5) is 15.8. The van der Waals surface area contributed by atoms with Crippen molar-refractivity contribution in [2.24, 2.45) is 0 Å². The molecule has 2 aromatic rings. The van der Waals surface area contributed by atoms with Crippen molar-refractivity contribution in [2.45, 2.75) is 32.1 Å². The van der Waals surface area contributed by atoms with Crippen molar-refractivity contribution in [3.63, 3.8) is 0 Å². The number of aromatic nitrogens is 1. The van der Waals surface area contributed by atoms with Gasteiger partial charge in [-0.1, -0.05) is 11.6 Å². The van der Waals surface area contributed by atoms with E-state index in [2.05, 4.69) is 10.6 Å².